The minimum absolute atomic E-state index is 0.0191. The highest BCUT2D eigenvalue weighted by Crippen LogP contribution is 2.49. The molecule has 2 aliphatic rings. The quantitative estimate of drug-likeness (QED) is 0.155. The Morgan fingerprint density at radius 1 is 0.389 bits per heavy atom. The summed E-state index contributed by atoms with van der Waals surface area (Å²) in [6, 6.07) is 68.0. The van der Waals surface area contributed by atoms with Gasteiger partial charge in [0.15, 0.2) is 5.75 Å². The molecule has 0 spiro atoms. The molecule has 5 heteroatoms. The van der Waals surface area contributed by atoms with Crippen molar-refractivity contribution in [1.82, 2.24) is 0 Å². The molecule has 0 N–H and O–H groups in total. The number of benzene rings is 8. The van der Waals surface area contributed by atoms with Crippen LogP contribution < -0.4 is 35.7 Å². The van der Waals surface area contributed by atoms with Crippen LogP contribution in [0.25, 0.3) is 11.1 Å². The third-order valence-electron chi connectivity index (χ3n) is 10.4. The lowest BCUT2D eigenvalue weighted by Crippen LogP contribution is -2.61. The summed E-state index contributed by atoms with van der Waals surface area (Å²) in [5.41, 5.74) is 13.6. The maximum atomic E-state index is 6.80. The Balaban J connectivity index is 1.27. The third-order valence-corrected chi connectivity index (χ3v) is 10.4. The maximum Gasteiger partial charge on any atom is 0.252 e. The first-order chi connectivity index (χ1) is 26.7. The van der Waals surface area contributed by atoms with E-state index in [0.717, 1.165) is 68.2 Å². The van der Waals surface area contributed by atoms with Gasteiger partial charge in [0.1, 0.15) is 17.2 Å². The number of nitrogens with zero attached hydrogens (tertiary/aromatic N) is 2. The monoisotopic (exact) mass is 694 g/mol. The van der Waals surface area contributed by atoms with Gasteiger partial charge in [-0.05, 0) is 83.5 Å². The van der Waals surface area contributed by atoms with E-state index in [1.165, 1.54) is 22.0 Å². The summed E-state index contributed by atoms with van der Waals surface area (Å²) in [6.45, 7) is 2.07. The molecule has 0 aromatic heterocycles. The highest BCUT2D eigenvalue weighted by molar-refractivity contribution is 7.00. The minimum Gasteiger partial charge on any atom is -0.457 e. The number of hydrogen-bond acceptors (Lipinski definition) is 4. The second-order valence-electron chi connectivity index (χ2n) is 13.8. The third kappa shape index (κ3) is 5.41. The summed E-state index contributed by atoms with van der Waals surface area (Å²) in [7, 11) is 0. The Bertz CT molecular complexity index is 2630. The predicted octanol–water partition coefficient (Wildman–Crippen LogP) is 11.3. The number of hydrogen-bond donors (Lipinski definition) is 0. The Kier molecular flexibility index (Phi) is 7.77. The summed E-state index contributed by atoms with van der Waals surface area (Å²) in [5, 5.41) is 0. The van der Waals surface area contributed by atoms with Crippen molar-refractivity contribution in [1.29, 1.82) is 0 Å². The molecule has 2 aliphatic heterocycles. The molecule has 0 saturated heterocycles. The predicted molar refractivity (Wildman–Crippen MR) is 224 cm³/mol. The summed E-state index contributed by atoms with van der Waals surface area (Å²) in [6.07, 6.45) is 0. The molecule has 0 saturated carbocycles. The van der Waals surface area contributed by atoms with Crippen LogP contribution in [0.4, 0.5) is 34.1 Å². The van der Waals surface area contributed by atoms with Gasteiger partial charge in [0.05, 0.1) is 11.4 Å². The van der Waals surface area contributed by atoms with Gasteiger partial charge in [-0.3, -0.25) is 0 Å². The average Bonchev–Trinajstić information content (AvgIpc) is 3.23. The SMILES string of the molecule is Cc1ccc(Oc2cc3c4c(c2)N(c2ccccc2-c2ccccc2)c2ccccc2B4c2ccccc2N3c2ccccc2Oc2ccccc2)cc1. The molecule has 0 aliphatic carbocycles. The lowest BCUT2D eigenvalue weighted by atomic mass is 9.33. The van der Waals surface area contributed by atoms with E-state index >= 15 is 0 Å². The molecule has 0 unspecified atom stereocenters. The van der Waals surface area contributed by atoms with Crippen molar-refractivity contribution < 1.29 is 9.47 Å². The zero-order valence-corrected chi connectivity index (χ0v) is 29.8. The fraction of sp³-hybridized carbons (Fsp3) is 0.0204. The zero-order valence-electron chi connectivity index (χ0n) is 29.8. The van der Waals surface area contributed by atoms with Crippen molar-refractivity contribution in [2.24, 2.45) is 0 Å². The molecule has 0 atom stereocenters. The number of ether oxygens (including phenoxy) is 2. The lowest BCUT2D eigenvalue weighted by molar-refractivity contribution is 0.481. The summed E-state index contributed by atoms with van der Waals surface area (Å²) >= 11 is 0. The second-order valence-corrected chi connectivity index (χ2v) is 13.8. The molecule has 2 heterocycles. The molecular formula is C49H35BN2O2. The van der Waals surface area contributed by atoms with Crippen LogP contribution in [0.15, 0.2) is 194 Å². The normalized spacial score (nSPS) is 12.4. The van der Waals surface area contributed by atoms with Crippen LogP contribution in [0.5, 0.6) is 23.0 Å². The van der Waals surface area contributed by atoms with E-state index < -0.39 is 0 Å². The smallest absolute Gasteiger partial charge is 0.252 e. The van der Waals surface area contributed by atoms with Gasteiger partial charge < -0.3 is 19.3 Å². The average molecular weight is 695 g/mol. The molecule has 8 aromatic rings. The van der Waals surface area contributed by atoms with Gasteiger partial charge in [0.2, 0.25) is 0 Å². The topological polar surface area (TPSA) is 24.9 Å². The van der Waals surface area contributed by atoms with Gasteiger partial charge in [-0.1, -0.05) is 133 Å². The first-order valence-electron chi connectivity index (χ1n) is 18.4. The van der Waals surface area contributed by atoms with Crippen molar-refractivity contribution in [2.75, 3.05) is 9.80 Å². The Morgan fingerprint density at radius 3 is 1.56 bits per heavy atom. The standard InChI is InChI=1S/C49H35BN2O2/c1-34-28-30-37(31-29-34)53-38-32-46-49-47(33-38)52(45-26-14-15-27-48(45)54-36-18-6-3-7-19-36)44-25-13-10-22-41(44)50(49)40-21-9-12-24-43(40)51(46)42-23-11-8-20-39(42)35-16-4-2-5-17-35/h2-33H,1H3. The molecular weight excluding hydrogens is 659 g/mol. The van der Waals surface area contributed by atoms with Crippen LogP contribution in [-0.4, -0.2) is 6.71 Å². The van der Waals surface area contributed by atoms with Crippen molar-refractivity contribution in [3.05, 3.63) is 200 Å². The van der Waals surface area contributed by atoms with E-state index in [1.54, 1.807) is 0 Å². The maximum absolute atomic E-state index is 6.80. The van der Waals surface area contributed by atoms with Crippen LogP contribution in [0.2, 0.25) is 0 Å². The van der Waals surface area contributed by atoms with Crippen molar-refractivity contribution >= 4 is 57.2 Å². The summed E-state index contributed by atoms with van der Waals surface area (Å²) < 4.78 is 13.5. The van der Waals surface area contributed by atoms with E-state index in [-0.39, 0.29) is 6.71 Å². The Hall–Kier alpha value is -6.98. The zero-order chi connectivity index (χ0) is 36.0. The first kappa shape index (κ1) is 31.7. The summed E-state index contributed by atoms with van der Waals surface area (Å²) in [4.78, 5) is 4.80. The highest BCUT2D eigenvalue weighted by atomic mass is 16.5. The number of para-hydroxylation sites is 6. The van der Waals surface area contributed by atoms with Gasteiger partial charge in [-0.25, -0.2) is 0 Å². The van der Waals surface area contributed by atoms with E-state index in [4.69, 9.17) is 9.47 Å². The van der Waals surface area contributed by atoms with Crippen LogP contribution >= 0.6 is 0 Å². The van der Waals surface area contributed by atoms with E-state index in [2.05, 4.69) is 156 Å². The minimum atomic E-state index is -0.0191. The van der Waals surface area contributed by atoms with Crippen LogP contribution in [0.1, 0.15) is 5.56 Å². The second kappa shape index (κ2) is 13.2. The van der Waals surface area contributed by atoms with Crippen molar-refractivity contribution in [3.63, 3.8) is 0 Å². The molecule has 4 nitrogen and oxygen atoms in total. The highest BCUT2D eigenvalue weighted by Gasteiger charge is 2.44. The van der Waals surface area contributed by atoms with E-state index in [9.17, 15) is 0 Å². The summed E-state index contributed by atoms with van der Waals surface area (Å²) in [5.74, 6) is 3.08. The van der Waals surface area contributed by atoms with Gasteiger partial charge >= 0.3 is 0 Å². The largest absolute Gasteiger partial charge is 0.457 e. The molecule has 10 rings (SSSR count). The first-order valence-corrected chi connectivity index (χ1v) is 18.4. The molecule has 0 amide bonds. The molecule has 8 aromatic carbocycles. The van der Waals surface area contributed by atoms with E-state index in [0.29, 0.717) is 0 Å². The number of fused-ring (bicyclic) bond motifs is 4. The molecule has 0 fully saturated rings. The van der Waals surface area contributed by atoms with Gasteiger partial charge in [0, 0.05) is 40.4 Å². The van der Waals surface area contributed by atoms with Crippen molar-refractivity contribution in [2.45, 2.75) is 6.92 Å². The number of aryl methyl sites for hydroxylation is 1. The van der Waals surface area contributed by atoms with Gasteiger partial charge in [-0.2, -0.15) is 0 Å². The Labute approximate surface area is 316 Å². The van der Waals surface area contributed by atoms with Crippen LogP contribution in [0.3, 0.4) is 0 Å². The van der Waals surface area contributed by atoms with Crippen molar-refractivity contribution in [3.8, 4) is 34.1 Å². The number of rotatable bonds is 7. The van der Waals surface area contributed by atoms with E-state index in [1.807, 2.05) is 54.6 Å². The Morgan fingerprint density at radius 2 is 0.889 bits per heavy atom. The molecule has 0 radical (unpaired) electrons. The fourth-order valence-corrected chi connectivity index (χ4v) is 8.07. The molecule has 54 heavy (non-hydrogen) atoms. The molecule has 256 valence electrons. The van der Waals surface area contributed by atoms with Crippen LogP contribution in [-0.2, 0) is 0 Å². The van der Waals surface area contributed by atoms with Gasteiger partial charge in [-0.15, -0.1) is 0 Å². The van der Waals surface area contributed by atoms with Gasteiger partial charge in [0.25, 0.3) is 6.71 Å². The van der Waals surface area contributed by atoms with Crippen LogP contribution in [0, 0.1) is 6.92 Å². The number of anilines is 6. The lowest BCUT2D eigenvalue weighted by Gasteiger charge is -2.44. The molecule has 0 bridgehead atoms. The fourth-order valence-electron chi connectivity index (χ4n) is 8.07.